The number of nitrogen functional groups attached to an aromatic ring is 1. The van der Waals surface area contributed by atoms with Gasteiger partial charge in [-0.1, -0.05) is 6.92 Å². The Hall–Kier alpha value is -1.42. The molecule has 1 saturated heterocycles. The van der Waals surface area contributed by atoms with Crippen LogP contribution in [0.5, 0.6) is 5.75 Å². The van der Waals surface area contributed by atoms with Crippen LogP contribution in [-0.4, -0.2) is 25.9 Å². The Balaban J connectivity index is 2.02. The van der Waals surface area contributed by atoms with Crippen molar-refractivity contribution in [2.45, 2.75) is 25.8 Å². The van der Waals surface area contributed by atoms with E-state index in [-0.39, 0.29) is 0 Å². The van der Waals surface area contributed by atoms with Gasteiger partial charge in [-0.2, -0.15) is 0 Å². The Kier molecular flexibility index (Phi) is 4.09. The fourth-order valence-corrected chi connectivity index (χ4v) is 1.89. The van der Waals surface area contributed by atoms with Gasteiger partial charge in [0.25, 0.3) is 0 Å². The van der Waals surface area contributed by atoms with E-state index < -0.39 is 0 Å². The quantitative estimate of drug-likeness (QED) is 0.770. The molecule has 0 amide bonds. The zero-order valence-corrected chi connectivity index (χ0v) is 10.2. The molecule has 3 N–H and O–H groups in total. The van der Waals surface area contributed by atoms with Crippen LogP contribution in [0.1, 0.15) is 19.8 Å². The number of nitrogens with two attached hydrogens (primary N) is 1. The fourth-order valence-electron chi connectivity index (χ4n) is 1.89. The molecule has 1 aliphatic heterocycles. The highest BCUT2D eigenvalue weighted by Crippen LogP contribution is 2.24. The van der Waals surface area contributed by atoms with Crippen LogP contribution >= 0.6 is 0 Å². The van der Waals surface area contributed by atoms with Crippen molar-refractivity contribution in [1.29, 1.82) is 0 Å². The molecule has 4 nitrogen and oxygen atoms in total. The Bertz CT molecular complexity index is 362. The van der Waals surface area contributed by atoms with Crippen LogP contribution in [0.2, 0.25) is 0 Å². The molecule has 2 rings (SSSR count). The summed E-state index contributed by atoms with van der Waals surface area (Å²) in [5.74, 6) is 0.827. The monoisotopic (exact) mass is 236 g/mol. The van der Waals surface area contributed by atoms with Gasteiger partial charge >= 0.3 is 0 Å². The van der Waals surface area contributed by atoms with Crippen molar-refractivity contribution >= 4 is 11.4 Å². The third kappa shape index (κ3) is 3.53. The minimum atomic E-state index is 0.385. The van der Waals surface area contributed by atoms with Crippen molar-refractivity contribution in [2.24, 2.45) is 0 Å². The van der Waals surface area contributed by atoms with Crippen molar-refractivity contribution in [1.82, 2.24) is 0 Å². The molecule has 1 atom stereocenters. The molecule has 1 fully saturated rings. The number of hydrogen-bond donors (Lipinski definition) is 2. The molecule has 1 heterocycles. The van der Waals surface area contributed by atoms with Crippen LogP contribution in [0.15, 0.2) is 18.2 Å². The van der Waals surface area contributed by atoms with Gasteiger partial charge in [0, 0.05) is 30.1 Å². The minimum absolute atomic E-state index is 0.385. The predicted molar refractivity (Wildman–Crippen MR) is 69.5 cm³/mol. The first-order valence-corrected chi connectivity index (χ1v) is 6.15. The molecule has 0 radical (unpaired) electrons. The molecular formula is C13H20N2O2. The van der Waals surface area contributed by atoms with Crippen LogP contribution in [0.3, 0.4) is 0 Å². The molecule has 17 heavy (non-hydrogen) atoms. The molecule has 1 unspecified atom stereocenters. The Morgan fingerprint density at radius 1 is 1.47 bits per heavy atom. The van der Waals surface area contributed by atoms with Gasteiger partial charge in [0.1, 0.15) is 5.75 Å². The summed E-state index contributed by atoms with van der Waals surface area (Å²) in [6, 6.07) is 6.16. The van der Waals surface area contributed by atoms with Crippen molar-refractivity contribution < 1.29 is 9.47 Å². The van der Waals surface area contributed by atoms with Gasteiger partial charge in [0.2, 0.25) is 0 Å². The second kappa shape index (κ2) is 5.77. The molecule has 0 saturated carbocycles. The smallest absolute Gasteiger partial charge is 0.123 e. The Labute approximate surface area is 102 Å². The van der Waals surface area contributed by atoms with Gasteiger partial charge in [-0.05, 0) is 18.9 Å². The summed E-state index contributed by atoms with van der Waals surface area (Å²) in [5.41, 5.74) is 7.58. The van der Waals surface area contributed by atoms with Crippen LogP contribution in [0, 0.1) is 0 Å². The lowest BCUT2D eigenvalue weighted by molar-refractivity contribution is 0.195. The summed E-state index contributed by atoms with van der Waals surface area (Å²) < 4.78 is 10.9. The van der Waals surface area contributed by atoms with Crippen molar-refractivity contribution in [3.8, 4) is 5.75 Å². The van der Waals surface area contributed by atoms with E-state index in [1.807, 2.05) is 18.2 Å². The van der Waals surface area contributed by atoms with E-state index in [0.717, 1.165) is 49.8 Å². The first kappa shape index (κ1) is 12.0. The molecule has 0 aliphatic carbocycles. The van der Waals surface area contributed by atoms with Crippen molar-refractivity contribution in [2.75, 3.05) is 30.9 Å². The number of ether oxygens (including phenoxy) is 2. The SMILES string of the molecule is CCCOc1cc(N)cc(NC2CCOC2)c1. The number of hydrogen-bond acceptors (Lipinski definition) is 4. The van der Waals surface area contributed by atoms with Crippen LogP contribution in [0.25, 0.3) is 0 Å². The molecule has 4 heteroatoms. The molecule has 1 aromatic carbocycles. The van der Waals surface area contributed by atoms with Gasteiger partial charge in [-0.3, -0.25) is 0 Å². The van der Waals surface area contributed by atoms with Crippen LogP contribution < -0.4 is 15.8 Å². The van der Waals surface area contributed by atoms with E-state index in [0.29, 0.717) is 6.04 Å². The fraction of sp³-hybridized carbons (Fsp3) is 0.538. The minimum Gasteiger partial charge on any atom is -0.493 e. The highest BCUT2D eigenvalue weighted by molar-refractivity contribution is 5.59. The standard InChI is InChI=1S/C13H20N2O2/c1-2-4-17-13-7-10(14)6-12(8-13)15-11-3-5-16-9-11/h6-8,11,15H,2-5,9,14H2,1H3. The van der Waals surface area contributed by atoms with E-state index in [9.17, 15) is 0 Å². The molecule has 0 spiro atoms. The van der Waals surface area contributed by atoms with Gasteiger partial charge in [-0.15, -0.1) is 0 Å². The summed E-state index contributed by atoms with van der Waals surface area (Å²) in [4.78, 5) is 0. The largest absolute Gasteiger partial charge is 0.493 e. The molecule has 1 aliphatic rings. The van der Waals surface area contributed by atoms with E-state index >= 15 is 0 Å². The summed E-state index contributed by atoms with van der Waals surface area (Å²) in [7, 11) is 0. The second-order valence-corrected chi connectivity index (χ2v) is 4.34. The topological polar surface area (TPSA) is 56.5 Å². The third-order valence-electron chi connectivity index (χ3n) is 2.70. The molecule has 0 aromatic heterocycles. The summed E-state index contributed by atoms with van der Waals surface area (Å²) >= 11 is 0. The summed E-state index contributed by atoms with van der Waals surface area (Å²) in [6.45, 7) is 4.40. The van der Waals surface area contributed by atoms with Crippen molar-refractivity contribution in [3.05, 3.63) is 18.2 Å². The Morgan fingerprint density at radius 3 is 3.06 bits per heavy atom. The van der Waals surface area contributed by atoms with Crippen LogP contribution in [-0.2, 0) is 4.74 Å². The lowest BCUT2D eigenvalue weighted by atomic mass is 10.2. The summed E-state index contributed by atoms with van der Waals surface area (Å²) in [6.07, 6.45) is 2.04. The molecule has 94 valence electrons. The predicted octanol–water partition coefficient (Wildman–Crippen LogP) is 2.26. The summed E-state index contributed by atoms with van der Waals surface area (Å²) in [5, 5.41) is 3.41. The maximum Gasteiger partial charge on any atom is 0.123 e. The molecule has 1 aromatic rings. The number of nitrogens with one attached hydrogen (secondary N) is 1. The van der Waals surface area contributed by atoms with E-state index in [4.69, 9.17) is 15.2 Å². The van der Waals surface area contributed by atoms with Crippen LogP contribution in [0.4, 0.5) is 11.4 Å². The van der Waals surface area contributed by atoms with Gasteiger partial charge in [0.05, 0.1) is 19.3 Å². The Morgan fingerprint density at radius 2 is 2.35 bits per heavy atom. The van der Waals surface area contributed by atoms with E-state index in [1.165, 1.54) is 0 Å². The third-order valence-corrected chi connectivity index (χ3v) is 2.70. The molecular weight excluding hydrogens is 216 g/mol. The van der Waals surface area contributed by atoms with Crippen molar-refractivity contribution in [3.63, 3.8) is 0 Å². The maximum atomic E-state index is 5.85. The highest BCUT2D eigenvalue weighted by Gasteiger charge is 2.15. The van der Waals surface area contributed by atoms with E-state index in [2.05, 4.69) is 12.2 Å². The van der Waals surface area contributed by atoms with Gasteiger partial charge < -0.3 is 20.5 Å². The average molecular weight is 236 g/mol. The average Bonchev–Trinajstić information content (AvgIpc) is 2.78. The normalized spacial score (nSPS) is 19.2. The van der Waals surface area contributed by atoms with Gasteiger partial charge in [0.15, 0.2) is 0 Å². The number of anilines is 2. The maximum absolute atomic E-state index is 5.85. The van der Waals surface area contributed by atoms with E-state index in [1.54, 1.807) is 0 Å². The highest BCUT2D eigenvalue weighted by atomic mass is 16.5. The second-order valence-electron chi connectivity index (χ2n) is 4.34. The number of benzene rings is 1. The zero-order chi connectivity index (χ0) is 12.1. The zero-order valence-electron chi connectivity index (χ0n) is 10.2. The number of rotatable bonds is 5. The first-order chi connectivity index (χ1) is 8.28. The lowest BCUT2D eigenvalue weighted by Crippen LogP contribution is -2.18. The first-order valence-electron chi connectivity index (χ1n) is 6.15. The van der Waals surface area contributed by atoms with Gasteiger partial charge in [-0.25, -0.2) is 0 Å². The lowest BCUT2D eigenvalue weighted by Gasteiger charge is -2.14. The molecule has 0 bridgehead atoms.